The summed E-state index contributed by atoms with van der Waals surface area (Å²) < 4.78 is 0. The Morgan fingerprint density at radius 1 is 0.645 bits per heavy atom. The number of rotatable bonds is 7. The Bertz CT molecular complexity index is 517. The molecule has 0 bridgehead atoms. The number of hydrogen-bond acceptors (Lipinski definition) is 2. The van der Waals surface area contributed by atoms with E-state index < -0.39 is 0 Å². The van der Waals surface area contributed by atoms with Gasteiger partial charge in [0.25, 0.3) is 0 Å². The standard InChI is InChI=1S/C27H50N2.CH3.Ni.H/c1-17(2)22-12-10-13-23(18(3)4)26(22)28-16-21(9)29-27-24(19(5)6)14-11-15-25(27)20(7)8;;;/h16-20,22-27H,10-15H2,1-9H3;1H3;;/q;-1;;. The van der Waals surface area contributed by atoms with Crippen molar-refractivity contribution >= 4 is 11.9 Å². The van der Waals surface area contributed by atoms with Gasteiger partial charge >= 0.3 is 16.5 Å². The molecule has 0 aromatic carbocycles. The molecule has 0 amide bonds. The summed E-state index contributed by atoms with van der Waals surface area (Å²) in [6, 6.07) is 0.949. The summed E-state index contributed by atoms with van der Waals surface area (Å²) in [7, 11) is 0. The summed E-state index contributed by atoms with van der Waals surface area (Å²) in [4.78, 5) is 10.6. The Morgan fingerprint density at radius 3 is 1.29 bits per heavy atom. The monoisotopic (exact) mass is 476 g/mol. The molecule has 2 aliphatic carbocycles. The van der Waals surface area contributed by atoms with E-state index in [-0.39, 0.29) is 23.9 Å². The van der Waals surface area contributed by atoms with Crippen molar-refractivity contribution in [2.45, 2.75) is 113 Å². The predicted octanol–water partition coefficient (Wildman–Crippen LogP) is 7.89. The van der Waals surface area contributed by atoms with E-state index in [1.165, 1.54) is 38.5 Å². The van der Waals surface area contributed by atoms with E-state index in [9.17, 15) is 0 Å². The summed E-state index contributed by atoms with van der Waals surface area (Å²) in [5.41, 5.74) is 1.16. The number of aliphatic imine (C=N–C) groups is 2. The third kappa shape index (κ3) is 8.28. The van der Waals surface area contributed by atoms with Gasteiger partial charge < -0.3 is 7.43 Å². The fourth-order valence-electron chi connectivity index (χ4n) is 6.28. The fourth-order valence-corrected chi connectivity index (χ4v) is 6.28. The molecule has 4 atom stereocenters. The van der Waals surface area contributed by atoms with E-state index in [0.717, 1.165) is 29.4 Å². The molecular weight excluding hydrogens is 423 g/mol. The zero-order valence-electron chi connectivity index (χ0n) is 22.3. The van der Waals surface area contributed by atoms with Crippen LogP contribution in [-0.4, -0.2) is 24.0 Å². The van der Waals surface area contributed by atoms with Crippen LogP contribution in [0.2, 0.25) is 0 Å². The van der Waals surface area contributed by atoms with Crippen LogP contribution in [-0.2, 0) is 16.5 Å². The fraction of sp³-hybridized carbons (Fsp3) is 0.893. The molecule has 4 unspecified atom stereocenters. The van der Waals surface area contributed by atoms with E-state index in [0.29, 0.717) is 35.8 Å². The average molecular weight is 477 g/mol. The first-order chi connectivity index (χ1) is 13.6. The Balaban J connectivity index is 0.00000450. The quantitative estimate of drug-likeness (QED) is 0.202. The van der Waals surface area contributed by atoms with E-state index >= 15 is 0 Å². The molecule has 0 spiro atoms. The van der Waals surface area contributed by atoms with Gasteiger partial charge in [0, 0.05) is 11.9 Å². The summed E-state index contributed by atoms with van der Waals surface area (Å²) in [6.45, 7) is 21.3. The molecule has 0 saturated heterocycles. The summed E-state index contributed by atoms with van der Waals surface area (Å²) in [5, 5.41) is 0. The molecule has 0 radical (unpaired) electrons. The number of hydrogen-bond donors (Lipinski definition) is 0. The first kappa shape index (κ1) is 30.8. The van der Waals surface area contributed by atoms with Crippen molar-refractivity contribution in [2.75, 3.05) is 0 Å². The van der Waals surface area contributed by atoms with Gasteiger partial charge in [0.2, 0.25) is 0 Å². The zero-order valence-corrected chi connectivity index (χ0v) is 23.4. The van der Waals surface area contributed by atoms with Crippen molar-refractivity contribution in [2.24, 2.45) is 57.3 Å². The van der Waals surface area contributed by atoms with E-state index in [1.54, 1.807) is 0 Å². The van der Waals surface area contributed by atoms with Gasteiger partial charge in [-0.2, -0.15) is 0 Å². The minimum absolute atomic E-state index is 0. The molecule has 0 aliphatic heterocycles. The van der Waals surface area contributed by atoms with Crippen molar-refractivity contribution in [3.63, 3.8) is 0 Å². The van der Waals surface area contributed by atoms with Crippen LogP contribution in [0.15, 0.2) is 9.98 Å². The molecule has 3 heteroatoms. The molecule has 0 aromatic rings. The van der Waals surface area contributed by atoms with Gasteiger partial charge in [-0.3, -0.25) is 9.98 Å². The van der Waals surface area contributed by atoms with Crippen molar-refractivity contribution in [1.29, 1.82) is 0 Å². The Morgan fingerprint density at radius 2 is 0.968 bits per heavy atom. The molecule has 0 N–H and O–H groups in total. The van der Waals surface area contributed by atoms with Crippen molar-refractivity contribution < 1.29 is 16.5 Å². The summed E-state index contributed by atoms with van der Waals surface area (Å²) in [6.07, 6.45) is 10.3. The number of nitrogens with zero attached hydrogens (tertiary/aromatic N) is 2. The third-order valence-corrected chi connectivity index (χ3v) is 8.12. The molecule has 0 heterocycles. The Hall–Kier alpha value is -0.166. The van der Waals surface area contributed by atoms with Gasteiger partial charge in [-0.1, -0.05) is 68.2 Å². The molecule has 2 rings (SSSR count). The van der Waals surface area contributed by atoms with Crippen LogP contribution in [0.5, 0.6) is 0 Å². The maximum atomic E-state index is 5.33. The van der Waals surface area contributed by atoms with Gasteiger partial charge in [0.15, 0.2) is 0 Å². The molecule has 0 aromatic heterocycles. The minimum atomic E-state index is 0. The van der Waals surface area contributed by atoms with E-state index in [4.69, 9.17) is 9.98 Å². The normalized spacial score (nSPS) is 32.6. The van der Waals surface area contributed by atoms with Crippen molar-refractivity contribution in [1.82, 2.24) is 0 Å². The van der Waals surface area contributed by atoms with Crippen LogP contribution in [0.1, 0.15) is 101 Å². The van der Waals surface area contributed by atoms with E-state index in [2.05, 4.69) is 68.5 Å². The van der Waals surface area contributed by atoms with Gasteiger partial charge in [-0.25, -0.2) is 0 Å². The van der Waals surface area contributed by atoms with Crippen molar-refractivity contribution in [3.05, 3.63) is 7.43 Å². The first-order valence-electron chi connectivity index (χ1n) is 12.7. The second kappa shape index (κ2) is 14.2. The van der Waals surface area contributed by atoms with Crippen LogP contribution in [0.3, 0.4) is 0 Å². The van der Waals surface area contributed by atoms with Gasteiger partial charge in [-0.15, -0.1) is 0 Å². The first-order valence-corrected chi connectivity index (χ1v) is 12.7. The molecule has 2 fully saturated rings. The molecular formula is C28H54N2Ni-. The van der Waals surface area contributed by atoms with Crippen molar-refractivity contribution in [3.8, 4) is 0 Å². The zero-order chi connectivity index (χ0) is 21.7. The van der Waals surface area contributed by atoms with Crippen LogP contribution in [0, 0.1) is 54.8 Å². The third-order valence-electron chi connectivity index (χ3n) is 8.12. The Kier molecular flexibility index (Phi) is 14.1. The van der Waals surface area contributed by atoms with Crippen LogP contribution < -0.4 is 0 Å². The van der Waals surface area contributed by atoms with E-state index in [1.807, 2.05) is 0 Å². The molecule has 187 valence electrons. The second-order valence-electron chi connectivity index (χ2n) is 11.5. The maximum absolute atomic E-state index is 5.33. The predicted molar refractivity (Wildman–Crippen MR) is 138 cm³/mol. The van der Waals surface area contributed by atoms with Gasteiger partial charge in [0.1, 0.15) is 0 Å². The van der Waals surface area contributed by atoms with Gasteiger partial charge in [-0.05, 0) is 80.0 Å². The SMILES string of the molecule is CC(C=NC1C(C(C)C)CCCC1C(C)C)=NC1C(C(C)C)CCCC1C(C)C.[CH3-].[NiH]. The van der Waals surface area contributed by atoms with Crippen LogP contribution in [0.25, 0.3) is 0 Å². The Labute approximate surface area is 205 Å². The topological polar surface area (TPSA) is 24.7 Å². The summed E-state index contributed by atoms with van der Waals surface area (Å²) in [5.74, 6) is 5.74. The molecule has 2 nitrogen and oxygen atoms in total. The van der Waals surface area contributed by atoms with Crippen LogP contribution >= 0.6 is 0 Å². The molecule has 2 aliphatic rings. The van der Waals surface area contributed by atoms with Crippen LogP contribution in [0.4, 0.5) is 0 Å². The molecule has 31 heavy (non-hydrogen) atoms. The van der Waals surface area contributed by atoms with Gasteiger partial charge in [0.05, 0.1) is 12.1 Å². The average Bonchev–Trinajstić information content (AvgIpc) is 2.65. The second-order valence-corrected chi connectivity index (χ2v) is 11.5. The summed E-state index contributed by atoms with van der Waals surface area (Å²) >= 11 is 0. The molecule has 2 saturated carbocycles.